The van der Waals surface area contributed by atoms with Crippen LogP contribution in [0.1, 0.15) is 30.5 Å². The zero-order valence-electron chi connectivity index (χ0n) is 17.6. The molecule has 1 saturated heterocycles. The Hall–Kier alpha value is -2.25. The van der Waals surface area contributed by atoms with Gasteiger partial charge in [0.1, 0.15) is 6.61 Å². The Labute approximate surface area is 190 Å². The van der Waals surface area contributed by atoms with Crippen LogP contribution in [-0.2, 0) is 11.4 Å². The Morgan fingerprint density at radius 1 is 1.17 bits per heavy atom. The molecule has 0 saturated carbocycles. The van der Waals surface area contributed by atoms with Crippen molar-refractivity contribution >= 4 is 44.8 Å². The van der Waals surface area contributed by atoms with E-state index in [4.69, 9.17) is 9.47 Å². The smallest absolute Gasteiger partial charge is 0.266 e. The van der Waals surface area contributed by atoms with Gasteiger partial charge in [-0.3, -0.25) is 14.7 Å². The Morgan fingerprint density at radius 3 is 2.53 bits per heavy atom. The number of nitrogens with zero attached hydrogens (tertiary/aromatic N) is 2. The fraction of sp³-hybridized carbons (Fsp3) is 0.304. The summed E-state index contributed by atoms with van der Waals surface area (Å²) in [4.78, 5) is 19.5. The topological polar surface area (TPSA) is 51.1 Å². The van der Waals surface area contributed by atoms with Crippen molar-refractivity contribution < 1.29 is 14.3 Å². The number of hydrogen-bond donors (Lipinski definition) is 0. The number of benzene rings is 2. The molecule has 5 nitrogen and oxygen atoms in total. The number of rotatable bonds is 7. The lowest BCUT2D eigenvalue weighted by molar-refractivity contribution is -0.122. The summed E-state index contributed by atoms with van der Waals surface area (Å²) in [7, 11) is 1.61. The van der Waals surface area contributed by atoms with Gasteiger partial charge in [-0.1, -0.05) is 45.8 Å². The van der Waals surface area contributed by atoms with Gasteiger partial charge in [0.05, 0.1) is 12.0 Å². The van der Waals surface area contributed by atoms with Crippen molar-refractivity contribution in [1.82, 2.24) is 4.90 Å². The molecule has 30 heavy (non-hydrogen) atoms. The summed E-state index contributed by atoms with van der Waals surface area (Å²) >= 11 is 5.01. The first-order valence-corrected chi connectivity index (χ1v) is 11.4. The van der Waals surface area contributed by atoms with Crippen LogP contribution < -0.4 is 9.47 Å². The van der Waals surface area contributed by atoms with Crippen molar-refractivity contribution in [2.45, 2.75) is 27.4 Å². The summed E-state index contributed by atoms with van der Waals surface area (Å²) in [6.07, 6.45) is 1.87. The average molecular weight is 489 g/mol. The standard InChI is InChI=1S/C23H25BrN2O3S/c1-5-25-23-26(6-2)22(27)21(30-23)12-17-11-19(28-4)20(13-18(17)24)29-14-16-9-7-15(3)8-10-16/h7-13H,5-6,14H2,1-4H3/b21-12-,25-23?. The normalized spacial score (nSPS) is 16.6. The SMILES string of the molecule is CCN=C1S/C(=C\c2cc(OC)c(OCc3ccc(C)cc3)cc2Br)C(=O)N1CC. The van der Waals surface area contributed by atoms with Crippen LogP contribution in [-0.4, -0.2) is 36.2 Å². The number of amides is 1. The molecule has 0 bridgehead atoms. The van der Waals surface area contributed by atoms with Gasteiger partial charge in [-0.25, -0.2) is 0 Å². The molecule has 1 amide bonds. The molecule has 0 spiro atoms. The average Bonchev–Trinajstić information content (AvgIpc) is 3.03. The molecule has 1 aliphatic heterocycles. The van der Waals surface area contributed by atoms with Crippen LogP contribution in [0, 0.1) is 6.92 Å². The lowest BCUT2D eigenvalue weighted by Crippen LogP contribution is -2.28. The van der Waals surface area contributed by atoms with Crippen LogP contribution in [0.2, 0.25) is 0 Å². The van der Waals surface area contributed by atoms with E-state index in [2.05, 4.69) is 40.0 Å². The molecule has 0 atom stereocenters. The maximum Gasteiger partial charge on any atom is 0.266 e. The quantitative estimate of drug-likeness (QED) is 0.472. The summed E-state index contributed by atoms with van der Waals surface area (Å²) < 4.78 is 12.4. The van der Waals surface area contributed by atoms with E-state index >= 15 is 0 Å². The lowest BCUT2D eigenvalue weighted by atomic mass is 10.1. The number of methoxy groups -OCH3 is 1. The minimum absolute atomic E-state index is 0.0275. The molecule has 1 aliphatic rings. The molecule has 2 aromatic rings. The zero-order valence-corrected chi connectivity index (χ0v) is 20.0. The Balaban J connectivity index is 1.85. The maximum absolute atomic E-state index is 12.7. The second-order valence-electron chi connectivity index (χ2n) is 6.72. The van der Waals surface area contributed by atoms with Gasteiger partial charge in [0, 0.05) is 17.6 Å². The maximum atomic E-state index is 12.7. The summed E-state index contributed by atoms with van der Waals surface area (Å²) in [6, 6.07) is 12.0. The van der Waals surface area contributed by atoms with E-state index in [0.717, 1.165) is 20.8 Å². The predicted molar refractivity (Wildman–Crippen MR) is 127 cm³/mol. The minimum Gasteiger partial charge on any atom is -0.493 e. The number of amidine groups is 1. The highest BCUT2D eigenvalue weighted by molar-refractivity contribution is 9.10. The number of hydrogen-bond acceptors (Lipinski definition) is 5. The van der Waals surface area contributed by atoms with Crippen LogP contribution in [0.25, 0.3) is 6.08 Å². The van der Waals surface area contributed by atoms with Crippen molar-refractivity contribution in [2.24, 2.45) is 4.99 Å². The third-order valence-electron chi connectivity index (χ3n) is 4.58. The van der Waals surface area contributed by atoms with E-state index < -0.39 is 0 Å². The minimum atomic E-state index is -0.0275. The van der Waals surface area contributed by atoms with Crippen LogP contribution in [0.3, 0.4) is 0 Å². The van der Waals surface area contributed by atoms with Gasteiger partial charge < -0.3 is 9.47 Å². The molecule has 158 valence electrons. The van der Waals surface area contributed by atoms with Gasteiger partial charge in [0.2, 0.25) is 0 Å². The molecule has 1 heterocycles. The number of ether oxygens (including phenoxy) is 2. The summed E-state index contributed by atoms with van der Waals surface area (Å²) in [5.74, 6) is 1.23. The fourth-order valence-corrected chi connectivity index (χ4v) is 4.49. The zero-order chi connectivity index (χ0) is 21.7. The Bertz CT molecular complexity index is 987. The first-order valence-electron chi connectivity index (χ1n) is 9.78. The summed E-state index contributed by atoms with van der Waals surface area (Å²) in [5.41, 5.74) is 3.14. The summed E-state index contributed by atoms with van der Waals surface area (Å²) in [5, 5.41) is 0.748. The van der Waals surface area contributed by atoms with E-state index in [9.17, 15) is 4.79 Å². The van der Waals surface area contributed by atoms with E-state index in [-0.39, 0.29) is 5.91 Å². The van der Waals surface area contributed by atoms with Gasteiger partial charge in [-0.2, -0.15) is 0 Å². The highest BCUT2D eigenvalue weighted by Gasteiger charge is 2.32. The van der Waals surface area contributed by atoms with Crippen LogP contribution >= 0.6 is 27.7 Å². The molecular formula is C23H25BrN2O3S. The van der Waals surface area contributed by atoms with Crippen molar-refractivity contribution in [3.05, 3.63) is 62.5 Å². The number of halogens is 1. The molecule has 1 fully saturated rings. The van der Waals surface area contributed by atoms with E-state index in [1.54, 1.807) is 12.0 Å². The second-order valence-corrected chi connectivity index (χ2v) is 8.58. The molecule has 3 rings (SSSR count). The molecule has 0 aliphatic carbocycles. The predicted octanol–water partition coefficient (Wildman–Crippen LogP) is 5.66. The molecule has 2 aromatic carbocycles. The number of likely N-dealkylation sites (N-methyl/N-ethyl adjacent to an activating group) is 1. The van der Waals surface area contributed by atoms with Gasteiger partial charge in [0.15, 0.2) is 16.7 Å². The first-order chi connectivity index (χ1) is 14.5. The molecule has 0 unspecified atom stereocenters. The monoisotopic (exact) mass is 488 g/mol. The number of aliphatic imine (C=N–C) groups is 1. The van der Waals surface area contributed by atoms with E-state index in [1.165, 1.54) is 17.3 Å². The fourth-order valence-electron chi connectivity index (χ4n) is 2.96. The molecule has 0 aromatic heterocycles. The number of aryl methyl sites for hydroxylation is 1. The largest absolute Gasteiger partial charge is 0.493 e. The number of carbonyl (C=O) groups is 1. The van der Waals surface area contributed by atoms with Crippen LogP contribution in [0.5, 0.6) is 11.5 Å². The van der Waals surface area contributed by atoms with Crippen molar-refractivity contribution in [2.75, 3.05) is 20.2 Å². The van der Waals surface area contributed by atoms with Gasteiger partial charge in [0.25, 0.3) is 5.91 Å². The first kappa shape index (κ1) is 22.4. The third kappa shape index (κ3) is 5.08. The van der Waals surface area contributed by atoms with Gasteiger partial charge in [-0.05, 0) is 61.9 Å². The highest BCUT2D eigenvalue weighted by Crippen LogP contribution is 2.38. The van der Waals surface area contributed by atoms with E-state index in [0.29, 0.717) is 36.1 Å². The van der Waals surface area contributed by atoms with Crippen molar-refractivity contribution in [1.29, 1.82) is 0 Å². The highest BCUT2D eigenvalue weighted by atomic mass is 79.9. The third-order valence-corrected chi connectivity index (χ3v) is 6.31. The van der Waals surface area contributed by atoms with Crippen molar-refractivity contribution in [3.63, 3.8) is 0 Å². The second kappa shape index (κ2) is 10.2. The van der Waals surface area contributed by atoms with Crippen molar-refractivity contribution in [3.8, 4) is 11.5 Å². The lowest BCUT2D eigenvalue weighted by Gasteiger charge is -2.13. The van der Waals surface area contributed by atoms with Crippen LogP contribution in [0.15, 0.2) is 50.8 Å². The Morgan fingerprint density at radius 2 is 1.90 bits per heavy atom. The molecule has 0 radical (unpaired) electrons. The molecular weight excluding hydrogens is 464 g/mol. The molecule has 0 N–H and O–H groups in total. The number of thioether (sulfide) groups is 1. The molecule has 7 heteroatoms. The summed E-state index contributed by atoms with van der Waals surface area (Å²) in [6.45, 7) is 7.65. The van der Waals surface area contributed by atoms with Gasteiger partial charge >= 0.3 is 0 Å². The van der Waals surface area contributed by atoms with E-state index in [1.807, 2.05) is 44.2 Å². The van der Waals surface area contributed by atoms with Gasteiger partial charge in [-0.15, -0.1) is 0 Å². The van der Waals surface area contributed by atoms with Crippen LogP contribution in [0.4, 0.5) is 0 Å². The number of carbonyl (C=O) groups excluding carboxylic acids is 1. The Kier molecular flexibility index (Phi) is 7.61.